The Labute approximate surface area is 49.9 Å². The van der Waals surface area contributed by atoms with Crippen LogP contribution in [0.15, 0.2) is 0 Å². The maximum absolute atomic E-state index is 9.75. The summed E-state index contributed by atoms with van der Waals surface area (Å²) in [6.45, 7) is 0. The zero-order valence-corrected chi connectivity index (χ0v) is 3.55. The molecule has 0 radical (unpaired) electrons. The second-order valence-corrected chi connectivity index (χ2v) is 0.495. The summed E-state index contributed by atoms with van der Waals surface area (Å²) >= 11 is 0. The van der Waals surface area contributed by atoms with Crippen molar-refractivity contribution in [3.05, 3.63) is 0 Å². The van der Waals surface area contributed by atoms with Gasteiger partial charge in [-0.25, -0.2) is 0 Å². The number of rotatable bonds is 0. The molecule has 0 N–H and O–H groups in total. The fourth-order valence-electron chi connectivity index (χ4n) is 0. The fourth-order valence-corrected chi connectivity index (χ4v) is 0. The molecular weight excluding hydrogens is 155 g/mol. The monoisotopic (exact) mass is 159 g/mol. The van der Waals surface area contributed by atoms with Crippen molar-refractivity contribution in [2.24, 2.45) is 0 Å². The van der Waals surface area contributed by atoms with Crippen LogP contribution in [0.5, 0.6) is 0 Å². The predicted molar refractivity (Wildman–Crippen MR) is 16.9 cm³/mol. The maximum Gasteiger partial charge on any atom is 0.673 e. The molecule has 0 amide bonds. The van der Waals surface area contributed by atoms with Crippen molar-refractivity contribution in [2.75, 3.05) is 0 Å². The molecule has 0 aliphatic rings. The van der Waals surface area contributed by atoms with Crippen molar-refractivity contribution in [3.8, 4) is 0 Å². The Bertz CT molecular complexity index is 27.2. The third kappa shape index (κ3) is 1260. The van der Waals surface area contributed by atoms with Gasteiger partial charge in [-0.3, -0.25) is 0 Å². The third-order valence-corrected chi connectivity index (χ3v) is 0. The van der Waals surface area contributed by atoms with E-state index in [4.69, 9.17) is 0 Å². The van der Waals surface area contributed by atoms with Crippen LogP contribution in [0.25, 0.3) is 0 Å². The summed E-state index contributed by atoms with van der Waals surface area (Å²) in [5.74, 6) is 0. The summed E-state index contributed by atoms with van der Waals surface area (Å²) in [6, 6.07) is 0. The first-order chi connectivity index (χ1) is 2.00. The van der Waals surface area contributed by atoms with Gasteiger partial charge in [-0.15, -0.1) is 0 Å². The van der Waals surface area contributed by atoms with E-state index in [1.807, 2.05) is 0 Å². The molecule has 0 rings (SSSR count). The Morgan fingerprint density at radius 3 is 0.857 bits per heavy atom. The van der Waals surface area contributed by atoms with E-state index in [-0.39, 0.29) is 24.5 Å². The summed E-state index contributed by atoms with van der Waals surface area (Å²) < 4.78 is 39.0. The summed E-state index contributed by atoms with van der Waals surface area (Å²) in [6.07, 6.45) is 0. The van der Waals surface area contributed by atoms with E-state index in [9.17, 15) is 17.3 Å². The van der Waals surface area contributed by atoms with Gasteiger partial charge >= 0.3 is 7.25 Å². The summed E-state index contributed by atoms with van der Waals surface area (Å²) in [4.78, 5) is 0. The topological polar surface area (TPSA) is 0 Å². The molecular formula is CH4BF4Fe-. The van der Waals surface area contributed by atoms with Gasteiger partial charge in [-0.2, -0.15) is 0 Å². The fraction of sp³-hybridized carbons (Fsp3) is 1.00. The van der Waals surface area contributed by atoms with Crippen LogP contribution in [0.3, 0.4) is 0 Å². The van der Waals surface area contributed by atoms with Crippen LogP contribution in [0.4, 0.5) is 17.3 Å². The van der Waals surface area contributed by atoms with Crippen molar-refractivity contribution in [1.29, 1.82) is 0 Å². The molecule has 0 aliphatic carbocycles. The van der Waals surface area contributed by atoms with Crippen LogP contribution in [-0.4, -0.2) is 7.25 Å². The SMILES string of the molecule is C.F[B-](F)(F)F.[Fe]. The van der Waals surface area contributed by atoms with Crippen molar-refractivity contribution in [3.63, 3.8) is 0 Å². The average Bonchev–Trinajstić information content (AvgIpc) is 0.722. The van der Waals surface area contributed by atoms with Gasteiger partial charge in [0.05, 0.1) is 0 Å². The van der Waals surface area contributed by atoms with E-state index in [0.29, 0.717) is 0 Å². The van der Waals surface area contributed by atoms with E-state index < -0.39 is 7.25 Å². The minimum Gasteiger partial charge on any atom is -0.418 e. The Morgan fingerprint density at radius 2 is 0.857 bits per heavy atom. The van der Waals surface area contributed by atoms with Crippen LogP contribution in [-0.2, 0) is 17.1 Å². The molecule has 0 unspecified atom stereocenters. The van der Waals surface area contributed by atoms with Gasteiger partial charge in [0.2, 0.25) is 0 Å². The second kappa shape index (κ2) is 4.46. The van der Waals surface area contributed by atoms with Crippen LogP contribution < -0.4 is 0 Å². The van der Waals surface area contributed by atoms with E-state index >= 15 is 0 Å². The molecule has 0 aromatic carbocycles. The van der Waals surface area contributed by atoms with Gasteiger partial charge in [0.15, 0.2) is 0 Å². The van der Waals surface area contributed by atoms with E-state index in [0.717, 1.165) is 0 Å². The van der Waals surface area contributed by atoms with Crippen LogP contribution in [0, 0.1) is 0 Å². The Hall–Kier alpha value is 0.304. The molecule has 0 aliphatic heterocycles. The normalized spacial score (nSPS) is 8.57. The Balaban J connectivity index is -0.0000000800. The van der Waals surface area contributed by atoms with Crippen molar-refractivity contribution < 1.29 is 34.3 Å². The van der Waals surface area contributed by atoms with E-state index in [2.05, 4.69) is 0 Å². The van der Waals surface area contributed by atoms with Crippen molar-refractivity contribution in [2.45, 2.75) is 7.43 Å². The second-order valence-electron chi connectivity index (χ2n) is 0.495. The molecule has 0 atom stereocenters. The molecule has 0 saturated carbocycles. The summed E-state index contributed by atoms with van der Waals surface area (Å²) in [5, 5.41) is 0. The summed E-state index contributed by atoms with van der Waals surface area (Å²) in [7, 11) is -6.00. The molecule has 0 aromatic rings. The first-order valence-corrected chi connectivity index (χ1v) is 0.873. The first kappa shape index (κ1) is 15.7. The smallest absolute Gasteiger partial charge is 0.418 e. The van der Waals surface area contributed by atoms with E-state index in [1.165, 1.54) is 0 Å². The van der Waals surface area contributed by atoms with Crippen molar-refractivity contribution >= 4 is 7.25 Å². The van der Waals surface area contributed by atoms with Crippen LogP contribution in [0.1, 0.15) is 7.43 Å². The maximum atomic E-state index is 9.75. The zero-order chi connectivity index (χ0) is 4.50. The molecule has 0 aromatic heterocycles. The number of halogens is 4. The van der Waals surface area contributed by atoms with Gasteiger partial charge in [0, 0.05) is 17.1 Å². The molecule has 0 bridgehead atoms. The molecule has 0 saturated heterocycles. The molecule has 48 valence electrons. The molecule has 7 heavy (non-hydrogen) atoms. The Kier molecular flexibility index (Phi) is 9.99. The van der Waals surface area contributed by atoms with Crippen molar-refractivity contribution in [1.82, 2.24) is 0 Å². The Morgan fingerprint density at radius 1 is 0.857 bits per heavy atom. The zero-order valence-electron chi connectivity index (χ0n) is 2.44. The largest absolute Gasteiger partial charge is 0.673 e. The minimum atomic E-state index is -6.00. The van der Waals surface area contributed by atoms with Gasteiger partial charge in [-0.05, 0) is 0 Å². The summed E-state index contributed by atoms with van der Waals surface area (Å²) in [5.41, 5.74) is 0. The number of hydrogen-bond donors (Lipinski definition) is 0. The van der Waals surface area contributed by atoms with Gasteiger partial charge in [0.1, 0.15) is 0 Å². The average molecular weight is 159 g/mol. The standard InChI is InChI=1S/CH4.BF4.Fe/c;2-1(3,4)5;/h1H4;;/q;-1;. The molecule has 0 fully saturated rings. The van der Waals surface area contributed by atoms with Crippen LogP contribution in [0.2, 0.25) is 0 Å². The first-order valence-electron chi connectivity index (χ1n) is 0.873. The van der Waals surface area contributed by atoms with E-state index in [1.54, 1.807) is 0 Å². The number of hydrogen-bond acceptors (Lipinski definition) is 0. The van der Waals surface area contributed by atoms with Gasteiger partial charge in [0.25, 0.3) is 0 Å². The molecule has 6 heteroatoms. The molecule has 0 heterocycles. The van der Waals surface area contributed by atoms with Gasteiger partial charge in [-0.1, -0.05) is 7.43 Å². The quantitative estimate of drug-likeness (QED) is 0.374. The predicted octanol–water partition coefficient (Wildman–Crippen LogP) is 1.93. The third-order valence-electron chi connectivity index (χ3n) is 0. The van der Waals surface area contributed by atoms with Gasteiger partial charge < -0.3 is 17.3 Å². The van der Waals surface area contributed by atoms with Crippen LogP contribution >= 0.6 is 0 Å². The minimum absolute atomic E-state index is 0. The molecule has 0 nitrogen and oxygen atoms in total. The molecule has 0 spiro atoms.